The van der Waals surface area contributed by atoms with Gasteiger partial charge in [-0.1, -0.05) is 5.16 Å². The second-order valence-electron chi connectivity index (χ2n) is 4.09. The molecule has 0 amide bonds. The Morgan fingerprint density at radius 2 is 2.25 bits per heavy atom. The number of nitro benzene ring substituents is 1. The van der Waals surface area contributed by atoms with Gasteiger partial charge in [0, 0.05) is 24.2 Å². The third kappa shape index (κ3) is 3.29. The second kappa shape index (κ2) is 6.11. The van der Waals surface area contributed by atoms with Crippen LogP contribution in [0.2, 0.25) is 0 Å². The van der Waals surface area contributed by atoms with Gasteiger partial charge >= 0.3 is 0 Å². The van der Waals surface area contributed by atoms with Gasteiger partial charge in [0.05, 0.1) is 18.6 Å². The van der Waals surface area contributed by atoms with Crippen LogP contribution < -0.4 is 10.1 Å². The summed E-state index contributed by atoms with van der Waals surface area (Å²) in [7, 11) is 1.52. The second-order valence-corrected chi connectivity index (χ2v) is 4.09. The Balaban J connectivity index is 2.03. The molecule has 1 N–H and O–H groups in total. The predicted octanol–water partition coefficient (Wildman–Crippen LogP) is 1.58. The van der Waals surface area contributed by atoms with Crippen molar-refractivity contribution < 1.29 is 14.2 Å². The van der Waals surface area contributed by atoms with Crippen molar-refractivity contribution in [1.82, 2.24) is 15.5 Å². The summed E-state index contributed by atoms with van der Waals surface area (Å²) in [5, 5.41) is 17.5. The molecule has 0 radical (unpaired) electrons. The Hall–Kier alpha value is -2.48. The number of aryl methyl sites for hydroxylation is 1. The van der Waals surface area contributed by atoms with Crippen molar-refractivity contribution >= 4 is 5.69 Å². The Morgan fingerprint density at radius 3 is 2.85 bits per heavy atom. The quantitative estimate of drug-likeness (QED) is 0.632. The van der Waals surface area contributed by atoms with Gasteiger partial charge in [-0.25, -0.2) is 0 Å². The lowest BCUT2D eigenvalue weighted by atomic mass is 10.1. The van der Waals surface area contributed by atoms with Gasteiger partial charge in [0.2, 0.25) is 5.89 Å². The SMILES string of the molecule is COc1ccc([N+](=O)[O-])cc1CNCc1nc(C)no1. The average molecular weight is 278 g/mol. The van der Waals surface area contributed by atoms with Crippen LogP contribution in [0.25, 0.3) is 0 Å². The minimum atomic E-state index is -0.440. The molecule has 0 fully saturated rings. The van der Waals surface area contributed by atoms with Crippen LogP contribution in [0.4, 0.5) is 5.69 Å². The lowest BCUT2D eigenvalue weighted by molar-refractivity contribution is -0.384. The van der Waals surface area contributed by atoms with Gasteiger partial charge in [0.1, 0.15) is 5.75 Å². The summed E-state index contributed by atoms with van der Waals surface area (Å²) in [4.78, 5) is 14.4. The maximum atomic E-state index is 10.8. The molecule has 8 nitrogen and oxygen atoms in total. The summed E-state index contributed by atoms with van der Waals surface area (Å²) < 4.78 is 10.1. The Labute approximate surface area is 114 Å². The van der Waals surface area contributed by atoms with E-state index in [1.165, 1.54) is 19.2 Å². The molecule has 0 spiro atoms. The first-order chi connectivity index (χ1) is 9.60. The molecule has 0 bridgehead atoms. The number of benzene rings is 1. The molecule has 2 rings (SSSR count). The van der Waals surface area contributed by atoms with E-state index < -0.39 is 4.92 Å². The van der Waals surface area contributed by atoms with E-state index in [2.05, 4.69) is 15.5 Å². The highest BCUT2D eigenvalue weighted by Gasteiger charge is 2.11. The number of hydrogen-bond donors (Lipinski definition) is 1. The summed E-state index contributed by atoms with van der Waals surface area (Å²) in [6.45, 7) is 2.51. The number of methoxy groups -OCH3 is 1. The van der Waals surface area contributed by atoms with Crippen molar-refractivity contribution in [3.63, 3.8) is 0 Å². The van der Waals surface area contributed by atoms with Crippen molar-refractivity contribution in [3.05, 3.63) is 45.6 Å². The molecule has 0 saturated carbocycles. The summed E-state index contributed by atoms with van der Waals surface area (Å²) in [5.74, 6) is 1.62. The topological polar surface area (TPSA) is 103 Å². The Morgan fingerprint density at radius 1 is 1.45 bits per heavy atom. The van der Waals surface area contributed by atoms with Crippen LogP contribution in [0, 0.1) is 17.0 Å². The first-order valence-corrected chi connectivity index (χ1v) is 5.91. The average Bonchev–Trinajstić information content (AvgIpc) is 2.84. The molecule has 0 aliphatic rings. The van der Waals surface area contributed by atoms with Crippen LogP contribution in [-0.4, -0.2) is 22.2 Å². The summed E-state index contributed by atoms with van der Waals surface area (Å²) >= 11 is 0. The summed E-state index contributed by atoms with van der Waals surface area (Å²) in [6.07, 6.45) is 0. The molecule has 1 heterocycles. The van der Waals surface area contributed by atoms with E-state index in [1.54, 1.807) is 13.0 Å². The number of non-ortho nitro benzene ring substituents is 1. The molecule has 0 aliphatic carbocycles. The largest absolute Gasteiger partial charge is 0.496 e. The van der Waals surface area contributed by atoms with Crippen molar-refractivity contribution in [2.24, 2.45) is 0 Å². The summed E-state index contributed by atoms with van der Waals surface area (Å²) in [5.41, 5.74) is 0.717. The summed E-state index contributed by atoms with van der Waals surface area (Å²) in [6, 6.07) is 4.46. The highest BCUT2D eigenvalue weighted by Crippen LogP contribution is 2.23. The van der Waals surface area contributed by atoms with Crippen molar-refractivity contribution in [2.75, 3.05) is 7.11 Å². The lowest BCUT2D eigenvalue weighted by Gasteiger charge is -2.08. The molecule has 8 heteroatoms. The minimum absolute atomic E-state index is 0.0243. The number of rotatable bonds is 6. The van der Waals surface area contributed by atoms with E-state index >= 15 is 0 Å². The first-order valence-electron chi connectivity index (χ1n) is 5.91. The van der Waals surface area contributed by atoms with Crippen LogP contribution in [-0.2, 0) is 13.1 Å². The van der Waals surface area contributed by atoms with E-state index in [0.717, 1.165) is 0 Å². The zero-order chi connectivity index (χ0) is 14.5. The molecule has 20 heavy (non-hydrogen) atoms. The van der Waals surface area contributed by atoms with E-state index in [9.17, 15) is 10.1 Å². The monoisotopic (exact) mass is 278 g/mol. The maximum absolute atomic E-state index is 10.8. The van der Waals surface area contributed by atoms with Gasteiger partial charge in [0.15, 0.2) is 5.82 Å². The van der Waals surface area contributed by atoms with Crippen LogP contribution in [0.1, 0.15) is 17.3 Å². The number of nitrogens with zero attached hydrogens (tertiary/aromatic N) is 3. The highest BCUT2D eigenvalue weighted by atomic mass is 16.6. The number of nitro groups is 1. The molecule has 2 aromatic rings. The fraction of sp³-hybridized carbons (Fsp3) is 0.333. The normalized spacial score (nSPS) is 10.5. The minimum Gasteiger partial charge on any atom is -0.496 e. The fourth-order valence-electron chi connectivity index (χ4n) is 1.73. The molecule has 0 atom stereocenters. The highest BCUT2D eigenvalue weighted by molar-refractivity contribution is 5.43. The van der Waals surface area contributed by atoms with E-state index in [0.29, 0.717) is 36.1 Å². The van der Waals surface area contributed by atoms with Gasteiger partial charge in [0.25, 0.3) is 5.69 Å². The maximum Gasteiger partial charge on any atom is 0.270 e. The van der Waals surface area contributed by atoms with Gasteiger partial charge in [-0.15, -0.1) is 0 Å². The lowest BCUT2D eigenvalue weighted by Crippen LogP contribution is -2.14. The third-order valence-electron chi connectivity index (χ3n) is 2.64. The van der Waals surface area contributed by atoms with E-state index in [1.807, 2.05) is 0 Å². The van der Waals surface area contributed by atoms with Gasteiger partial charge < -0.3 is 14.6 Å². The zero-order valence-corrected chi connectivity index (χ0v) is 11.1. The van der Waals surface area contributed by atoms with Crippen molar-refractivity contribution in [1.29, 1.82) is 0 Å². The first kappa shape index (κ1) is 13.9. The molecule has 106 valence electrons. The zero-order valence-electron chi connectivity index (χ0n) is 11.1. The van der Waals surface area contributed by atoms with Gasteiger partial charge in [-0.3, -0.25) is 10.1 Å². The van der Waals surface area contributed by atoms with E-state index in [4.69, 9.17) is 9.26 Å². The van der Waals surface area contributed by atoms with Gasteiger partial charge in [-0.05, 0) is 13.0 Å². The van der Waals surface area contributed by atoms with Crippen LogP contribution in [0.5, 0.6) is 5.75 Å². The number of nitrogens with one attached hydrogen (secondary N) is 1. The smallest absolute Gasteiger partial charge is 0.270 e. The standard InChI is InChI=1S/C12H14N4O4/c1-8-14-12(20-15-8)7-13-6-9-5-10(16(17)18)3-4-11(9)19-2/h3-5,13H,6-7H2,1-2H3. The molecule has 0 aliphatic heterocycles. The Bertz CT molecular complexity index is 611. The Kier molecular flexibility index (Phi) is 4.26. The molecule has 0 saturated heterocycles. The molecule has 1 aromatic carbocycles. The molecular formula is C12H14N4O4. The van der Waals surface area contributed by atoms with Crippen LogP contribution in [0.15, 0.2) is 22.7 Å². The molecular weight excluding hydrogens is 264 g/mol. The van der Waals surface area contributed by atoms with Crippen LogP contribution in [0.3, 0.4) is 0 Å². The van der Waals surface area contributed by atoms with Crippen LogP contribution >= 0.6 is 0 Å². The van der Waals surface area contributed by atoms with Crippen molar-refractivity contribution in [3.8, 4) is 5.75 Å². The van der Waals surface area contributed by atoms with E-state index in [-0.39, 0.29) is 5.69 Å². The fourth-order valence-corrected chi connectivity index (χ4v) is 1.73. The number of aromatic nitrogens is 2. The molecule has 1 aromatic heterocycles. The number of ether oxygens (including phenoxy) is 1. The third-order valence-corrected chi connectivity index (χ3v) is 2.64. The predicted molar refractivity (Wildman–Crippen MR) is 69.2 cm³/mol. The van der Waals surface area contributed by atoms with Crippen molar-refractivity contribution in [2.45, 2.75) is 20.0 Å². The van der Waals surface area contributed by atoms with Gasteiger partial charge in [-0.2, -0.15) is 4.98 Å². The molecule has 0 unspecified atom stereocenters. The number of hydrogen-bond acceptors (Lipinski definition) is 7.